The lowest BCUT2D eigenvalue weighted by molar-refractivity contribution is -0.116. The van der Waals surface area contributed by atoms with Crippen LogP contribution in [0.5, 0.6) is 0 Å². The fourth-order valence-corrected chi connectivity index (χ4v) is 2.20. The van der Waals surface area contributed by atoms with Crippen LogP contribution >= 0.6 is 0 Å². The second kappa shape index (κ2) is 6.16. The molecule has 0 radical (unpaired) electrons. The van der Waals surface area contributed by atoms with Gasteiger partial charge in [0, 0.05) is 24.4 Å². The topological polar surface area (TPSA) is 89.3 Å². The summed E-state index contributed by atoms with van der Waals surface area (Å²) in [6.07, 6.45) is 2.07. The van der Waals surface area contributed by atoms with Crippen molar-refractivity contribution in [3.63, 3.8) is 0 Å². The van der Waals surface area contributed by atoms with Crippen LogP contribution in [-0.2, 0) is 14.6 Å². The van der Waals surface area contributed by atoms with Gasteiger partial charge in [0.25, 0.3) is 0 Å². The van der Waals surface area contributed by atoms with Gasteiger partial charge in [-0.3, -0.25) is 4.79 Å². The van der Waals surface area contributed by atoms with Crippen LogP contribution in [0.25, 0.3) is 0 Å². The first kappa shape index (κ1) is 15.7. The number of hydrogen-bond donors (Lipinski definition) is 2. The molecule has 0 aliphatic carbocycles. The Labute approximate surface area is 114 Å². The second-order valence-corrected chi connectivity index (χ2v) is 6.69. The predicted octanol–water partition coefficient (Wildman–Crippen LogP) is 1.46. The molecule has 0 saturated carbocycles. The van der Waals surface area contributed by atoms with Crippen molar-refractivity contribution in [2.45, 2.75) is 37.6 Å². The molecule has 0 fully saturated rings. The number of aryl methyl sites for hydroxylation is 1. The van der Waals surface area contributed by atoms with E-state index in [1.54, 1.807) is 13.0 Å². The Balaban J connectivity index is 2.92. The number of amides is 1. The van der Waals surface area contributed by atoms with Gasteiger partial charge in [0.1, 0.15) is 0 Å². The second-order valence-electron chi connectivity index (χ2n) is 4.67. The first-order chi connectivity index (χ1) is 8.74. The third-order valence-electron chi connectivity index (χ3n) is 2.88. The Bertz CT molecular complexity index is 567. The highest BCUT2D eigenvalue weighted by Crippen LogP contribution is 2.20. The monoisotopic (exact) mass is 284 g/mol. The maximum Gasteiger partial charge on any atom is 0.225 e. The number of hydrogen-bond acceptors (Lipinski definition) is 4. The lowest BCUT2D eigenvalue weighted by atomic mass is 10.1. The smallest absolute Gasteiger partial charge is 0.225 e. The third-order valence-corrected chi connectivity index (χ3v) is 3.99. The fourth-order valence-electron chi connectivity index (χ4n) is 1.55. The number of carbonyl (C=O) groups is 1. The molecule has 6 heteroatoms. The fraction of sp³-hybridized carbons (Fsp3) is 0.462. The highest BCUT2D eigenvalue weighted by Gasteiger charge is 2.12. The van der Waals surface area contributed by atoms with Crippen LogP contribution in [-0.4, -0.2) is 26.6 Å². The van der Waals surface area contributed by atoms with Gasteiger partial charge in [-0.25, -0.2) is 8.42 Å². The van der Waals surface area contributed by atoms with E-state index in [9.17, 15) is 13.2 Å². The van der Waals surface area contributed by atoms with Crippen molar-refractivity contribution < 1.29 is 13.2 Å². The first-order valence-electron chi connectivity index (χ1n) is 6.10. The van der Waals surface area contributed by atoms with E-state index in [4.69, 9.17) is 5.73 Å². The summed E-state index contributed by atoms with van der Waals surface area (Å²) in [6.45, 7) is 3.72. The van der Waals surface area contributed by atoms with Gasteiger partial charge in [0.2, 0.25) is 5.91 Å². The number of rotatable bonds is 5. The molecule has 3 N–H and O–H groups in total. The van der Waals surface area contributed by atoms with Crippen LogP contribution in [0, 0.1) is 6.92 Å². The van der Waals surface area contributed by atoms with E-state index in [0.29, 0.717) is 5.69 Å². The van der Waals surface area contributed by atoms with Crippen LogP contribution in [0.4, 0.5) is 5.69 Å². The predicted molar refractivity (Wildman–Crippen MR) is 75.8 cm³/mol. The molecule has 1 aromatic carbocycles. The number of anilines is 1. The molecular formula is C13H20N2O3S. The average Bonchev–Trinajstić information content (AvgIpc) is 2.30. The summed E-state index contributed by atoms with van der Waals surface area (Å²) >= 11 is 0. The maximum absolute atomic E-state index is 11.8. The van der Waals surface area contributed by atoms with Crippen molar-refractivity contribution >= 4 is 21.4 Å². The Hall–Kier alpha value is -1.40. The minimum absolute atomic E-state index is 0.182. The van der Waals surface area contributed by atoms with Crippen molar-refractivity contribution in [2.24, 2.45) is 5.73 Å². The zero-order chi connectivity index (χ0) is 14.6. The van der Waals surface area contributed by atoms with Gasteiger partial charge >= 0.3 is 0 Å². The van der Waals surface area contributed by atoms with E-state index in [0.717, 1.165) is 18.2 Å². The molecule has 0 spiro atoms. The normalized spacial score (nSPS) is 13.1. The zero-order valence-corrected chi connectivity index (χ0v) is 12.3. The molecule has 5 nitrogen and oxygen atoms in total. The minimum Gasteiger partial charge on any atom is -0.327 e. The SMILES string of the molecule is CCC(N)CC(=O)Nc1cc(S(C)(=O)=O)ccc1C. The van der Waals surface area contributed by atoms with Gasteiger partial charge in [-0.2, -0.15) is 0 Å². The summed E-state index contributed by atoms with van der Waals surface area (Å²) < 4.78 is 22.9. The van der Waals surface area contributed by atoms with Gasteiger partial charge < -0.3 is 11.1 Å². The van der Waals surface area contributed by atoms with Crippen molar-refractivity contribution in [3.8, 4) is 0 Å². The summed E-state index contributed by atoms with van der Waals surface area (Å²) in [5, 5.41) is 2.70. The van der Waals surface area contributed by atoms with Crippen molar-refractivity contribution in [1.82, 2.24) is 0 Å². The van der Waals surface area contributed by atoms with E-state index in [1.807, 2.05) is 6.92 Å². The van der Waals surface area contributed by atoms with Gasteiger partial charge in [-0.05, 0) is 31.0 Å². The largest absolute Gasteiger partial charge is 0.327 e. The lowest BCUT2D eigenvalue weighted by Crippen LogP contribution is -2.26. The van der Waals surface area contributed by atoms with Crippen LogP contribution in [0.15, 0.2) is 23.1 Å². The summed E-state index contributed by atoms with van der Waals surface area (Å²) in [7, 11) is -3.28. The van der Waals surface area contributed by atoms with Crippen LogP contribution < -0.4 is 11.1 Å². The highest BCUT2D eigenvalue weighted by molar-refractivity contribution is 7.90. The lowest BCUT2D eigenvalue weighted by Gasteiger charge is -2.12. The quantitative estimate of drug-likeness (QED) is 0.856. The number of carbonyl (C=O) groups excluding carboxylic acids is 1. The third kappa shape index (κ3) is 4.65. The molecule has 19 heavy (non-hydrogen) atoms. The van der Waals surface area contributed by atoms with Gasteiger partial charge in [0.05, 0.1) is 4.90 Å². The molecule has 106 valence electrons. The number of benzene rings is 1. The summed E-state index contributed by atoms with van der Waals surface area (Å²) in [6, 6.07) is 4.49. The molecule has 0 aliphatic rings. The molecule has 0 heterocycles. The molecule has 0 bridgehead atoms. The molecule has 0 aromatic heterocycles. The minimum atomic E-state index is -3.28. The van der Waals surface area contributed by atoms with Crippen LogP contribution in [0.1, 0.15) is 25.3 Å². The van der Waals surface area contributed by atoms with Crippen LogP contribution in [0.2, 0.25) is 0 Å². The van der Waals surface area contributed by atoms with Gasteiger partial charge in [-0.1, -0.05) is 13.0 Å². The Morgan fingerprint density at radius 1 is 1.42 bits per heavy atom. The van der Waals surface area contributed by atoms with Crippen LogP contribution in [0.3, 0.4) is 0 Å². The summed E-state index contributed by atoms with van der Waals surface area (Å²) in [5.74, 6) is -0.205. The highest BCUT2D eigenvalue weighted by atomic mass is 32.2. The number of nitrogens with two attached hydrogens (primary N) is 1. The summed E-state index contributed by atoms with van der Waals surface area (Å²) in [4.78, 5) is 11.9. The molecule has 0 saturated heterocycles. The van der Waals surface area contributed by atoms with E-state index in [-0.39, 0.29) is 23.3 Å². The van der Waals surface area contributed by atoms with E-state index < -0.39 is 9.84 Å². The summed E-state index contributed by atoms with van der Waals surface area (Å²) in [5.41, 5.74) is 7.03. The molecule has 1 aromatic rings. The molecule has 1 atom stereocenters. The molecular weight excluding hydrogens is 264 g/mol. The van der Waals surface area contributed by atoms with Gasteiger partial charge in [0.15, 0.2) is 9.84 Å². The molecule has 1 rings (SSSR count). The molecule has 0 aliphatic heterocycles. The first-order valence-corrected chi connectivity index (χ1v) is 7.99. The van der Waals surface area contributed by atoms with Gasteiger partial charge in [-0.15, -0.1) is 0 Å². The maximum atomic E-state index is 11.8. The van der Waals surface area contributed by atoms with E-state index in [1.165, 1.54) is 12.1 Å². The molecule has 1 unspecified atom stereocenters. The molecule has 1 amide bonds. The Morgan fingerprint density at radius 2 is 2.05 bits per heavy atom. The van der Waals surface area contributed by atoms with Crippen molar-refractivity contribution in [2.75, 3.05) is 11.6 Å². The number of nitrogens with one attached hydrogen (secondary N) is 1. The average molecular weight is 284 g/mol. The standard InChI is InChI=1S/C13H20N2O3S/c1-4-10(14)7-13(16)15-12-8-11(19(3,17)18)6-5-9(12)2/h5-6,8,10H,4,7,14H2,1-3H3,(H,15,16). The van der Waals surface area contributed by atoms with Crippen molar-refractivity contribution in [1.29, 1.82) is 0 Å². The zero-order valence-electron chi connectivity index (χ0n) is 11.4. The number of sulfone groups is 1. The Morgan fingerprint density at radius 3 is 2.58 bits per heavy atom. The van der Waals surface area contributed by atoms with Crippen molar-refractivity contribution in [3.05, 3.63) is 23.8 Å². The van der Waals surface area contributed by atoms with E-state index in [2.05, 4.69) is 5.32 Å². The van der Waals surface area contributed by atoms with E-state index >= 15 is 0 Å². The Kier molecular flexibility index (Phi) is 5.08.